The fraction of sp³-hybridized carbons (Fsp3) is 0.333. The van der Waals surface area contributed by atoms with E-state index in [0.29, 0.717) is 5.02 Å². The lowest BCUT2D eigenvalue weighted by molar-refractivity contribution is 0.413. The normalized spacial score (nSPS) is 12.4. The van der Waals surface area contributed by atoms with Gasteiger partial charge < -0.3 is 14.5 Å². The third-order valence-electron chi connectivity index (χ3n) is 2.94. The van der Waals surface area contributed by atoms with Gasteiger partial charge in [0.15, 0.2) is 0 Å². The van der Waals surface area contributed by atoms with Crippen molar-refractivity contribution in [2.45, 2.75) is 19.4 Å². The molecule has 1 unspecified atom stereocenters. The number of furan rings is 1. The summed E-state index contributed by atoms with van der Waals surface area (Å²) in [5.74, 6) is 1.61. The Balaban J connectivity index is 2.32. The van der Waals surface area contributed by atoms with Gasteiger partial charge in [-0.25, -0.2) is 0 Å². The maximum Gasteiger partial charge on any atom is 0.125 e. The zero-order valence-electron chi connectivity index (χ0n) is 11.2. The molecule has 0 radical (unpaired) electrons. The fourth-order valence-corrected chi connectivity index (χ4v) is 2.26. The average molecular weight is 280 g/mol. The van der Waals surface area contributed by atoms with Gasteiger partial charge in [-0.15, -0.1) is 0 Å². The van der Waals surface area contributed by atoms with Crippen LogP contribution in [0.3, 0.4) is 0 Å². The summed E-state index contributed by atoms with van der Waals surface area (Å²) in [6.45, 7) is 3.02. The average Bonchev–Trinajstić information content (AvgIpc) is 2.94. The Morgan fingerprint density at radius 2 is 2.21 bits per heavy atom. The highest BCUT2D eigenvalue weighted by molar-refractivity contribution is 6.31. The number of hydrogen-bond acceptors (Lipinski definition) is 3. The minimum absolute atomic E-state index is 0.0339. The number of benzene rings is 1. The summed E-state index contributed by atoms with van der Waals surface area (Å²) in [5.41, 5.74) is 0.992. The second-order valence-corrected chi connectivity index (χ2v) is 4.70. The Morgan fingerprint density at radius 1 is 1.37 bits per heavy atom. The lowest BCUT2D eigenvalue weighted by Crippen LogP contribution is -2.23. The van der Waals surface area contributed by atoms with Gasteiger partial charge in [0.25, 0.3) is 0 Å². The van der Waals surface area contributed by atoms with E-state index in [2.05, 4.69) is 12.2 Å². The van der Waals surface area contributed by atoms with Crippen molar-refractivity contribution < 1.29 is 9.15 Å². The lowest BCUT2D eigenvalue weighted by Gasteiger charge is -2.18. The van der Waals surface area contributed by atoms with E-state index in [1.54, 1.807) is 13.4 Å². The number of nitrogens with one attached hydrogen (secondary N) is 1. The van der Waals surface area contributed by atoms with Gasteiger partial charge in [-0.1, -0.05) is 24.6 Å². The van der Waals surface area contributed by atoms with Gasteiger partial charge in [-0.3, -0.25) is 0 Å². The molecule has 0 aliphatic heterocycles. The first kappa shape index (κ1) is 14.0. The van der Waals surface area contributed by atoms with Crippen LogP contribution in [0.2, 0.25) is 5.02 Å². The highest BCUT2D eigenvalue weighted by atomic mass is 35.5. The second kappa shape index (κ2) is 6.64. The maximum atomic E-state index is 6.34. The monoisotopic (exact) mass is 279 g/mol. The van der Waals surface area contributed by atoms with E-state index in [1.807, 2.05) is 30.3 Å². The Morgan fingerprint density at radius 3 is 2.79 bits per heavy atom. The molecule has 1 heterocycles. The summed E-state index contributed by atoms with van der Waals surface area (Å²) >= 11 is 6.34. The number of halogens is 1. The molecule has 102 valence electrons. The molecule has 19 heavy (non-hydrogen) atoms. The van der Waals surface area contributed by atoms with E-state index in [9.17, 15) is 0 Å². The van der Waals surface area contributed by atoms with Crippen LogP contribution in [-0.4, -0.2) is 13.7 Å². The molecule has 1 aromatic carbocycles. The van der Waals surface area contributed by atoms with E-state index in [1.165, 1.54) is 0 Å². The minimum Gasteiger partial charge on any atom is -0.497 e. The van der Waals surface area contributed by atoms with Crippen LogP contribution in [0.5, 0.6) is 5.75 Å². The van der Waals surface area contributed by atoms with Gasteiger partial charge in [0, 0.05) is 5.02 Å². The minimum atomic E-state index is -0.0339. The van der Waals surface area contributed by atoms with Gasteiger partial charge in [-0.2, -0.15) is 0 Å². The van der Waals surface area contributed by atoms with Crippen molar-refractivity contribution in [2.75, 3.05) is 13.7 Å². The van der Waals surface area contributed by atoms with Gasteiger partial charge in [0.1, 0.15) is 11.5 Å². The first-order valence-corrected chi connectivity index (χ1v) is 6.74. The molecule has 0 spiro atoms. The molecular weight excluding hydrogens is 262 g/mol. The van der Waals surface area contributed by atoms with Crippen molar-refractivity contribution in [3.05, 3.63) is 52.9 Å². The first-order chi connectivity index (χ1) is 9.26. The molecule has 1 aromatic heterocycles. The molecule has 3 nitrogen and oxygen atoms in total. The molecule has 2 rings (SSSR count). The second-order valence-electron chi connectivity index (χ2n) is 4.29. The summed E-state index contributed by atoms with van der Waals surface area (Å²) in [7, 11) is 1.63. The molecule has 4 heteroatoms. The van der Waals surface area contributed by atoms with Crippen LogP contribution in [-0.2, 0) is 0 Å². The standard InChI is InChI=1S/C15H18ClNO2/c1-3-8-17-15(14-5-4-9-19-14)12-7-6-11(18-2)10-13(12)16/h4-7,9-10,15,17H,3,8H2,1-2H3. The zero-order chi connectivity index (χ0) is 13.7. The quantitative estimate of drug-likeness (QED) is 0.867. The predicted molar refractivity (Wildman–Crippen MR) is 76.8 cm³/mol. The molecule has 0 aliphatic rings. The molecule has 0 saturated carbocycles. The third-order valence-corrected chi connectivity index (χ3v) is 3.27. The number of hydrogen-bond donors (Lipinski definition) is 1. The van der Waals surface area contributed by atoms with Crippen molar-refractivity contribution in [3.63, 3.8) is 0 Å². The van der Waals surface area contributed by atoms with Crippen LogP contribution in [0, 0.1) is 0 Å². The topological polar surface area (TPSA) is 34.4 Å². The van der Waals surface area contributed by atoms with E-state index in [4.69, 9.17) is 20.8 Å². The van der Waals surface area contributed by atoms with E-state index < -0.39 is 0 Å². The van der Waals surface area contributed by atoms with E-state index in [0.717, 1.165) is 30.0 Å². The van der Waals surface area contributed by atoms with Crippen LogP contribution in [0.4, 0.5) is 0 Å². The molecule has 1 N–H and O–H groups in total. The molecule has 0 fully saturated rings. The predicted octanol–water partition coefficient (Wildman–Crippen LogP) is 4.03. The number of rotatable bonds is 6. The Kier molecular flexibility index (Phi) is 4.88. The Hall–Kier alpha value is -1.45. The molecule has 0 amide bonds. The van der Waals surface area contributed by atoms with Gasteiger partial charge >= 0.3 is 0 Å². The molecule has 1 atom stereocenters. The fourth-order valence-electron chi connectivity index (χ4n) is 1.98. The van der Waals surface area contributed by atoms with Crippen molar-refractivity contribution in [1.82, 2.24) is 5.32 Å². The summed E-state index contributed by atoms with van der Waals surface area (Å²) in [4.78, 5) is 0. The Labute approximate surface area is 118 Å². The highest BCUT2D eigenvalue weighted by Gasteiger charge is 2.19. The van der Waals surface area contributed by atoms with Crippen molar-refractivity contribution in [2.24, 2.45) is 0 Å². The molecule has 0 saturated heterocycles. The van der Waals surface area contributed by atoms with E-state index >= 15 is 0 Å². The van der Waals surface area contributed by atoms with Gasteiger partial charge in [-0.05, 0) is 42.8 Å². The van der Waals surface area contributed by atoms with Crippen LogP contribution < -0.4 is 10.1 Å². The first-order valence-electron chi connectivity index (χ1n) is 6.36. The third kappa shape index (κ3) is 3.31. The van der Waals surface area contributed by atoms with Crippen LogP contribution >= 0.6 is 11.6 Å². The zero-order valence-corrected chi connectivity index (χ0v) is 11.9. The van der Waals surface area contributed by atoms with Crippen LogP contribution in [0.1, 0.15) is 30.7 Å². The van der Waals surface area contributed by atoms with Crippen molar-refractivity contribution >= 4 is 11.6 Å². The largest absolute Gasteiger partial charge is 0.497 e. The molecular formula is C15H18ClNO2. The molecule has 0 aliphatic carbocycles. The number of ether oxygens (including phenoxy) is 1. The van der Waals surface area contributed by atoms with Gasteiger partial charge in [0.05, 0.1) is 19.4 Å². The van der Waals surface area contributed by atoms with Crippen molar-refractivity contribution in [3.8, 4) is 5.75 Å². The van der Waals surface area contributed by atoms with E-state index in [-0.39, 0.29) is 6.04 Å². The smallest absolute Gasteiger partial charge is 0.125 e. The Bertz CT molecular complexity index is 511. The SMILES string of the molecule is CCCNC(c1ccco1)c1ccc(OC)cc1Cl. The maximum absolute atomic E-state index is 6.34. The molecule has 0 bridgehead atoms. The van der Waals surface area contributed by atoms with Gasteiger partial charge in [0.2, 0.25) is 0 Å². The summed E-state index contributed by atoms with van der Waals surface area (Å²) in [6, 6.07) is 9.50. The lowest BCUT2D eigenvalue weighted by atomic mass is 10.0. The highest BCUT2D eigenvalue weighted by Crippen LogP contribution is 2.31. The summed E-state index contributed by atoms with van der Waals surface area (Å²) in [5, 5.41) is 4.12. The van der Waals surface area contributed by atoms with Crippen LogP contribution in [0.25, 0.3) is 0 Å². The molecule has 2 aromatic rings. The van der Waals surface area contributed by atoms with Crippen LogP contribution in [0.15, 0.2) is 41.0 Å². The van der Waals surface area contributed by atoms with Crippen molar-refractivity contribution in [1.29, 1.82) is 0 Å². The summed E-state index contributed by atoms with van der Waals surface area (Å²) < 4.78 is 10.7. The summed E-state index contributed by atoms with van der Waals surface area (Å²) in [6.07, 6.45) is 2.72. The number of methoxy groups -OCH3 is 1.